The highest BCUT2D eigenvalue weighted by Gasteiger charge is 2.15. The number of hydrogen-bond acceptors (Lipinski definition) is 3. The van der Waals surface area contributed by atoms with Crippen LogP contribution in [0.4, 0.5) is 0 Å². The van der Waals surface area contributed by atoms with E-state index < -0.39 is 0 Å². The van der Waals surface area contributed by atoms with Crippen molar-refractivity contribution in [3.05, 3.63) is 22.4 Å². The minimum Gasteiger partial charge on any atom is -0.376 e. The van der Waals surface area contributed by atoms with Crippen molar-refractivity contribution in [2.24, 2.45) is 0 Å². The highest BCUT2D eigenvalue weighted by molar-refractivity contribution is 7.09. The Morgan fingerprint density at radius 2 is 2.53 bits per heavy atom. The number of thiophene rings is 1. The summed E-state index contributed by atoms with van der Waals surface area (Å²) < 4.78 is 5.45. The van der Waals surface area contributed by atoms with Crippen LogP contribution in [0.25, 0.3) is 0 Å². The summed E-state index contributed by atoms with van der Waals surface area (Å²) in [7, 11) is 0. The van der Waals surface area contributed by atoms with Crippen LogP contribution >= 0.6 is 11.3 Å². The van der Waals surface area contributed by atoms with E-state index in [0.29, 0.717) is 13.0 Å². The fourth-order valence-corrected chi connectivity index (χ4v) is 2.75. The molecule has 1 unspecified atom stereocenters. The summed E-state index contributed by atoms with van der Waals surface area (Å²) in [5.41, 5.74) is 0. The summed E-state index contributed by atoms with van der Waals surface area (Å²) in [4.78, 5) is 12.9. The van der Waals surface area contributed by atoms with Gasteiger partial charge in [0.25, 0.3) is 0 Å². The fourth-order valence-electron chi connectivity index (χ4n) is 2.00. The SMILES string of the molecule is O=C(CCCc1cccs1)NCC1CCCO1. The molecule has 0 saturated carbocycles. The zero-order valence-electron chi connectivity index (χ0n) is 9.98. The molecule has 2 rings (SSSR count). The molecule has 3 nitrogen and oxygen atoms in total. The summed E-state index contributed by atoms with van der Waals surface area (Å²) in [5.74, 6) is 0.150. The Morgan fingerprint density at radius 3 is 3.24 bits per heavy atom. The lowest BCUT2D eigenvalue weighted by molar-refractivity contribution is -0.121. The van der Waals surface area contributed by atoms with Gasteiger partial charge in [0.05, 0.1) is 6.10 Å². The quantitative estimate of drug-likeness (QED) is 0.845. The summed E-state index contributed by atoms with van der Waals surface area (Å²) in [6.07, 6.45) is 5.00. The molecule has 1 amide bonds. The first-order chi connectivity index (χ1) is 8.34. The molecule has 1 atom stereocenters. The average molecular weight is 253 g/mol. The molecule has 1 aliphatic heterocycles. The Morgan fingerprint density at radius 1 is 1.59 bits per heavy atom. The van der Waals surface area contributed by atoms with Gasteiger partial charge in [-0.25, -0.2) is 0 Å². The number of rotatable bonds is 6. The lowest BCUT2D eigenvalue weighted by Gasteiger charge is -2.10. The van der Waals surface area contributed by atoms with Crippen LogP contribution in [0.1, 0.15) is 30.6 Å². The van der Waals surface area contributed by atoms with Gasteiger partial charge in [-0.05, 0) is 37.1 Å². The van der Waals surface area contributed by atoms with Crippen LogP contribution < -0.4 is 5.32 Å². The molecule has 1 aliphatic rings. The molecule has 2 heterocycles. The Bertz CT molecular complexity index is 331. The van der Waals surface area contributed by atoms with E-state index >= 15 is 0 Å². The third-order valence-corrected chi connectivity index (χ3v) is 3.89. The van der Waals surface area contributed by atoms with Crippen molar-refractivity contribution in [1.29, 1.82) is 0 Å². The lowest BCUT2D eigenvalue weighted by Crippen LogP contribution is -2.31. The van der Waals surface area contributed by atoms with E-state index in [1.54, 1.807) is 11.3 Å². The Hall–Kier alpha value is -0.870. The molecular weight excluding hydrogens is 234 g/mol. The van der Waals surface area contributed by atoms with E-state index in [0.717, 1.165) is 32.3 Å². The monoisotopic (exact) mass is 253 g/mol. The van der Waals surface area contributed by atoms with Crippen LogP contribution in [0.3, 0.4) is 0 Å². The number of amides is 1. The molecule has 1 N–H and O–H groups in total. The molecule has 0 aliphatic carbocycles. The van der Waals surface area contributed by atoms with Gasteiger partial charge in [0.2, 0.25) is 5.91 Å². The molecule has 1 aromatic heterocycles. The van der Waals surface area contributed by atoms with Gasteiger partial charge in [0.1, 0.15) is 0 Å². The number of hydrogen-bond donors (Lipinski definition) is 1. The number of aryl methyl sites for hydroxylation is 1. The van der Waals surface area contributed by atoms with Gasteiger partial charge in [-0.2, -0.15) is 0 Å². The molecule has 1 saturated heterocycles. The van der Waals surface area contributed by atoms with Gasteiger partial charge in [-0.15, -0.1) is 11.3 Å². The van der Waals surface area contributed by atoms with Crippen LogP contribution in [0.5, 0.6) is 0 Å². The molecule has 0 bridgehead atoms. The van der Waals surface area contributed by atoms with Crippen molar-refractivity contribution in [2.45, 2.75) is 38.2 Å². The van der Waals surface area contributed by atoms with E-state index in [-0.39, 0.29) is 12.0 Å². The van der Waals surface area contributed by atoms with Gasteiger partial charge in [-0.1, -0.05) is 6.07 Å². The first-order valence-corrected chi connectivity index (χ1v) is 7.13. The molecule has 17 heavy (non-hydrogen) atoms. The van der Waals surface area contributed by atoms with Crippen molar-refractivity contribution < 1.29 is 9.53 Å². The predicted molar refractivity (Wildman–Crippen MR) is 69.2 cm³/mol. The third kappa shape index (κ3) is 4.48. The van der Waals surface area contributed by atoms with Crippen LogP contribution in [-0.2, 0) is 16.0 Å². The van der Waals surface area contributed by atoms with E-state index in [1.807, 2.05) is 0 Å². The molecule has 0 radical (unpaired) electrons. The van der Waals surface area contributed by atoms with Crippen LogP contribution in [0.15, 0.2) is 17.5 Å². The third-order valence-electron chi connectivity index (χ3n) is 2.96. The molecule has 94 valence electrons. The second-order valence-electron chi connectivity index (χ2n) is 4.37. The van der Waals surface area contributed by atoms with Crippen molar-refractivity contribution in [3.63, 3.8) is 0 Å². The largest absolute Gasteiger partial charge is 0.376 e. The minimum absolute atomic E-state index is 0.150. The molecule has 1 fully saturated rings. The Labute approximate surface area is 106 Å². The van der Waals surface area contributed by atoms with E-state index in [4.69, 9.17) is 4.74 Å². The van der Waals surface area contributed by atoms with Gasteiger partial charge in [0, 0.05) is 24.4 Å². The number of carbonyl (C=O) groups is 1. The number of ether oxygens (including phenoxy) is 1. The van der Waals surface area contributed by atoms with Crippen molar-refractivity contribution in [3.8, 4) is 0 Å². The predicted octanol–water partition coefficient (Wildman–Crippen LogP) is 2.37. The second kappa shape index (κ2) is 6.77. The fraction of sp³-hybridized carbons (Fsp3) is 0.615. The maximum atomic E-state index is 11.6. The number of carbonyl (C=O) groups excluding carboxylic acids is 1. The summed E-state index contributed by atoms with van der Waals surface area (Å²) >= 11 is 1.76. The Balaban J connectivity index is 1.54. The zero-order valence-corrected chi connectivity index (χ0v) is 10.8. The zero-order chi connectivity index (χ0) is 11.9. The summed E-state index contributed by atoms with van der Waals surface area (Å²) in [6, 6.07) is 4.17. The van der Waals surface area contributed by atoms with Gasteiger partial charge < -0.3 is 10.1 Å². The highest BCUT2D eigenvalue weighted by atomic mass is 32.1. The lowest BCUT2D eigenvalue weighted by atomic mass is 10.2. The van der Waals surface area contributed by atoms with Gasteiger partial charge >= 0.3 is 0 Å². The van der Waals surface area contributed by atoms with E-state index in [1.165, 1.54) is 4.88 Å². The molecule has 4 heteroatoms. The van der Waals surface area contributed by atoms with Gasteiger partial charge in [-0.3, -0.25) is 4.79 Å². The Kier molecular flexibility index (Phi) is 5.01. The maximum Gasteiger partial charge on any atom is 0.220 e. The normalized spacial score (nSPS) is 19.4. The number of nitrogens with one attached hydrogen (secondary N) is 1. The maximum absolute atomic E-state index is 11.6. The van der Waals surface area contributed by atoms with Crippen LogP contribution in [-0.4, -0.2) is 25.2 Å². The first-order valence-electron chi connectivity index (χ1n) is 6.25. The topological polar surface area (TPSA) is 38.3 Å². The van der Waals surface area contributed by atoms with Crippen molar-refractivity contribution in [2.75, 3.05) is 13.2 Å². The van der Waals surface area contributed by atoms with Gasteiger partial charge in [0.15, 0.2) is 0 Å². The molecule has 0 aromatic carbocycles. The second-order valence-corrected chi connectivity index (χ2v) is 5.40. The molecule has 1 aromatic rings. The van der Waals surface area contributed by atoms with Crippen molar-refractivity contribution >= 4 is 17.2 Å². The summed E-state index contributed by atoms with van der Waals surface area (Å²) in [6.45, 7) is 1.52. The standard InChI is InChI=1S/C13H19NO2S/c15-13(14-10-11-4-2-8-16-11)7-1-5-12-6-3-9-17-12/h3,6,9,11H,1-2,4-5,7-8,10H2,(H,14,15). The average Bonchev–Trinajstić information content (AvgIpc) is 2.99. The smallest absolute Gasteiger partial charge is 0.220 e. The van der Waals surface area contributed by atoms with Crippen LogP contribution in [0, 0.1) is 0 Å². The van der Waals surface area contributed by atoms with Crippen molar-refractivity contribution in [1.82, 2.24) is 5.32 Å². The van der Waals surface area contributed by atoms with E-state index in [9.17, 15) is 4.79 Å². The minimum atomic E-state index is 0.150. The molecular formula is C13H19NO2S. The first kappa shape index (κ1) is 12.6. The molecule has 0 spiro atoms. The van der Waals surface area contributed by atoms with Crippen LogP contribution in [0.2, 0.25) is 0 Å². The summed E-state index contributed by atoms with van der Waals surface area (Å²) in [5, 5.41) is 5.02. The van der Waals surface area contributed by atoms with E-state index in [2.05, 4.69) is 22.8 Å². The highest BCUT2D eigenvalue weighted by Crippen LogP contribution is 2.12.